The number of anilines is 2. The van der Waals surface area contributed by atoms with Gasteiger partial charge in [0.2, 0.25) is 5.95 Å². The lowest BCUT2D eigenvalue weighted by atomic mass is 10.1. The Morgan fingerprint density at radius 2 is 1.83 bits per heavy atom. The molecule has 0 aliphatic heterocycles. The Morgan fingerprint density at radius 1 is 1.11 bits per heavy atom. The maximum absolute atomic E-state index is 5.79. The first kappa shape index (κ1) is 14.7. The molecule has 102 valence electrons. The van der Waals surface area contributed by atoms with E-state index >= 15 is 0 Å². The number of aryl methyl sites for hydroxylation is 1. The summed E-state index contributed by atoms with van der Waals surface area (Å²) in [6.45, 7) is 7.86. The summed E-state index contributed by atoms with van der Waals surface area (Å²) in [4.78, 5) is 10.4. The number of nitrogens with zero attached hydrogens (tertiary/aromatic N) is 3. The van der Waals surface area contributed by atoms with Crippen LogP contribution in [0.3, 0.4) is 0 Å². The maximum Gasteiger partial charge on any atom is 0.221 e. The highest BCUT2D eigenvalue weighted by Gasteiger charge is 2.03. The van der Waals surface area contributed by atoms with Crippen LogP contribution in [0.1, 0.15) is 38.7 Å². The molecule has 0 fully saturated rings. The molecule has 0 aliphatic rings. The Kier molecular flexibility index (Phi) is 6.43. The van der Waals surface area contributed by atoms with E-state index in [2.05, 4.69) is 28.7 Å². The van der Waals surface area contributed by atoms with Crippen molar-refractivity contribution in [3.05, 3.63) is 11.8 Å². The summed E-state index contributed by atoms with van der Waals surface area (Å²) in [6.07, 6.45) is 6.24. The standard InChI is InChI=1S/C13H25N5/c1-3-18(4-2)9-7-5-6-8-11-10-16-13(15)17-12(11)14/h10H,3-9H2,1-2H3,(H4,14,15,16,17). The van der Waals surface area contributed by atoms with Crippen LogP contribution in [0.5, 0.6) is 0 Å². The molecule has 0 atom stereocenters. The predicted octanol–water partition coefficient (Wildman–Crippen LogP) is 1.70. The molecule has 0 saturated heterocycles. The Balaban J connectivity index is 2.21. The molecule has 0 unspecified atom stereocenters. The first-order valence-electron chi connectivity index (χ1n) is 6.76. The van der Waals surface area contributed by atoms with Crippen LogP contribution in [-0.4, -0.2) is 34.5 Å². The summed E-state index contributed by atoms with van der Waals surface area (Å²) in [5, 5.41) is 0. The van der Waals surface area contributed by atoms with Crippen molar-refractivity contribution < 1.29 is 0 Å². The fraction of sp³-hybridized carbons (Fsp3) is 0.692. The van der Waals surface area contributed by atoms with E-state index in [1.54, 1.807) is 6.20 Å². The first-order chi connectivity index (χ1) is 8.67. The molecule has 0 spiro atoms. The fourth-order valence-electron chi connectivity index (χ4n) is 1.99. The number of unbranched alkanes of at least 4 members (excludes halogenated alkanes) is 2. The van der Waals surface area contributed by atoms with Crippen LogP contribution in [0.2, 0.25) is 0 Å². The van der Waals surface area contributed by atoms with Gasteiger partial charge in [-0.1, -0.05) is 20.3 Å². The fourth-order valence-corrected chi connectivity index (χ4v) is 1.99. The van der Waals surface area contributed by atoms with Crippen molar-refractivity contribution in [1.82, 2.24) is 14.9 Å². The molecule has 1 aromatic rings. The summed E-state index contributed by atoms with van der Waals surface area (Å²) in [7, 11) is 0. The van der Waals surface area contributed by atoms with E-state index in [1.165, 1.54) is 19.4 Å². The zero-order valence-electron chi connectivity index (χ0n) is 11.5. The van der Waals surface area contributed by atoms with Crippen LogP contribution in [-0.2, 0) is 6.42 Å². The Bertz CT molecular complexity index is 349. The van der Waals surface area contributed by atoms with Crippen LogP contribution in [0, 0.1) is 0 Å². The van der Waals surface area contributed by atoms with Gasteiger partial charge in [0.25, 0.3) is 0 Å². The predicted molar refractivity (Wildman–Crippen MR) is 76.2 cm³/mol. The molecular weight excluding hydrogens is 226 g/mol. The van der Waals surface area contributed by atoms with Crippen molar-refractivity contribution in [2.75, 3.05) is 31.1 Å². The number of hydrogen-bond acceptors (Lipinski definition) is 5. The molecule has 4 N–H and O–H groups in total. The minimum atomic E-state index is 0.248. The van der Waals surface area contributed by atoms with Crippen LogP contribution in [0.15, 0.2) is 6.20 Å². The second-order valence-corrected chi connectivity index (χ2v) is 4.48. The maximum atomic E-state index is 5.79. The Morgan fingerprint density at radius 3 is 2.44 bits per heavy atom. The van der Waals surface area contributed by atoms with E-state index in [-0.39, 0.29) is 5.95 Å². The van der Waals surface area contributed by atoms with Crippen molar-refractivity contribution >= 4 is 11.8 Å². The molecule has 0 bridgehead atoms. The molecule has 0 amide bonds. The smallest absolute Gasteiger partial charge is 0.221 e. The van der Waals surface area contributed by atoms with Crippen LogP contribution >= 0.6 is 0 Å². The number of hydrogen-bond donors (Lipinski definition) is 2. The number of nitrogen functional groups attached to an aromatic ring is 2. The zero-order chi connectivity index (χ0) is 13.4. The van der Waals surface area contributed by atoms with Crippen molar-refractivity contribution in [3.8, 4) is 0 Å². The summed E-state index contributed by atoms with van der Waals surface area (Å²) in [6, 6.07) is 0. The Hall–Kier alpha value is -1.36. The van der Waals surface area contributed by atoms with Gasteiger partial charge in [0.05, 0.1) is 0 Å². The SMILES string of the molecule is CCN(CC)CCCCCc1cnc(N)nc1N. The summed E-state index contributed by atoms with van der Waals surface area (Å²) >= 11 is 0. The molecule has 1 rings (SSSR count). The van der Waals surface area contributed by atoms with E-state index in [0.29, 0.717) is 5.82 Å². The highest BCUT2D eigenvalue weighted by atomic mass is 15.1. The van der Waals surface area contributed by atoms with Crippen LogP contribution in [0.25, 0.3) is 0 Å². The quantitative estimate of drug-likeness (QED) is 0.687. The molecule has 5 heteroatoms. The summed E-state index contributed by atoms with van der Waals surface area (Å²) in [5.41, 5.74) is 12.3. The van der Waals surface area contributed by atoms with Crippen LogP contribution in [0.4, 0.5) is 11.8 Å². The summed E-state index contributed by atoms with van der Waals surface area (Å²) in [5.74, 6) is 0.768. The Labute approximate surface area is 110 Å². The minimum Gasteiger partial charge on any atom is -0.383 e. The molecule has 0 aliphatic carbocycles. The van der Waals surface area contributed by atoms with Crippen molar-refractivity contribution in [3.63, 3.8) is 0 Å². The lowest BCUT2D eigenvalue weighted by molar-refractivity contribution is 0.296. The molecule has 1 heterocycles. The van der Waals surface area contributed by atoms with Gasteiger partial charge in [0.15, 0.2) is 0 Å². The minimum absolute atomic E-state index is 0.248. The van der Waals surface area contributed by atoms with Crippen molar-refractivity contribution in [2.45, 2.75) is 39.5 Å². The topological polar surface area (TPSA) is 81.1 Å². The second kappa shape index (κ2) is 7.87. The molecule has 1 aromatic heterocycles. The number of aromatic nitrogens is 2. The molecule has 5 nitrogen and oxygen atoms in total. The number of rotatable bonds is 8. The molecule has 0 saturated carbocycles. The third kappa shape index (κ3) is 4.87. The third-order valence-electron chi connectivity index (χ3n) is 3.23. The molecule has 0 aromatic carbocycles. The first-order valence-corrected chi connectivity index (χ1v) is 6.76. The van der Waals surface area contributed by atoms with Crippen LogP contribution < -0.4 is 11.5 Å². The molecule has 0 radical (unpaired) electrons. The normalized spacial score (nSPS) is 11.1. The van der Waals surface area contributed by atoms with Gasteiger partial charge in [0.1, 0.15) is 5.82 Å². The van der Waals surface area contributed by atoms with Gasteiger partial charge in [-0.2, -0.15) is 4.98 Å². The highest BCUT2D eigenvalue weighted by molar-refractivity contribution is 5.41. The number of nitrogens with two attached hydrogens (primary N) is 2. The monoisotopic (exact) mass is 251 g/mol. The van der Waals surface area contributed by atoms with E-state index < -0.39 is 0 Å². The molecule has 18 heavy (non-hydrogen) atoms. The van der Waals surface area contributed by atoms with E-state index in [9.17, 15) is 0 Å². The lowest BCUT2D eigenvalue weighted by Crippen LogP contribution is -2.23. The zero-order valence-corrected chi connectivity index (χ0v) is 11.5. The van der Waals surface area contributed by atoms with Gasteiger partial charge < -0.3 is 16.4 Å². The van der Waals surface area contributed by atoms with E-state index in [0.717, 1.165) is 31.5 Å². The van der Waals surface area contributed by atoms with Gasteiger partial charge in [0, 0.05) is 11.8 Å². The highest BCUT2D eigenvalue weighted by Crippen LogP contribution is 2.12. The van der Waals surface area contributed by atoms with E-state index in [1.807, 2.05) is 0 Å². The van der Waals surface area contributed by atoms with Gasteiger partial charge in [-0.15, -0.1) is 0 Å². The van der Waals surface area contributed by atoms with Gasteiger partial charge in [-0.25, -0.2) is 4.98 Å². The van der Waals surface area contributed by atoms with Gasteiger partial charge in [-0.05, 0) is 38.9 Å². The average molecular weight is 251 g/mol. The third-order valence-corrected chi connectivity index (χ3v) is 3.23. The lowest BCUT2D eigenvalue weighted by Gasteiger charge is -2.17. The van der Waals surface area contributed by atoms with Crippen molar-refractivity contribution in [1.29, 1.82) is 0 Å². The second-order valence-electron chi connectivity index (χ2n) is 4.48. The summed E-state index contributed by atoms with van der Waals surface area (Å²) < 4.78 is 0. The average Bonchev–Trinajstić information content (AvgIpc) is 2.36. The molecular formula is C13H25N5. The largest absolute Gasteiger partial charge is 0.383 e. The van der Waals surface area contributed by atoms with E-state index in [4.69, 9.17) is 11.5 Å². The van der Waals surface area contributed by atoms with Gasteiger partial charge >= 0.3 is 0 Å². The van der Waals surface area contributed by atoms with Gasteiger partial charge in [-0.3, -0.25) is 0 Å². The van der Waals surface area contributed by atoms with Crippen molar-refractivity contribution in [2.24, 2.45) is 0 Å².